The highest BCUT2D eigenvalue weighted by Crippen LogP contribution is 2.44. The number of alkyl carbamates (subject to hydrolysis) is 1. The highest BCUT2D eigenvalue weighted by atomic mass is 16.5. The molecule has 0 bridgehead atoms. The number of carboxylic acids is 1. The summed E-state index contributed by atoms with van der Waals surface area (Å²) in [6, 6.07) is 15.4. The Hall–Kier alpha value is -3.35. The van der Waals surface area contributed by atoms with Crippen LogP contribution in [0.5, 0.6) is 0 Å². The molecule has 0 aromatic heterocycles. The van der Waals surface area contributed by atoms with Gasteiger partial charge in [-0.3, -0.25) is 9.59 Å². The molecule has 35 heavy (non-hydrogen) atoms. The molecule has 2 atom stereocenters. The van der Waals surface area contributed by atoms with Crippen molar-refractivity contribution in [1.82, 2.24) is 10.6 Å². The molecule has 7 heteroatoms. The second kappa shape index (κ2) is 11.4. The predicted octanol–water partition coefficient (Wildman–Crippen LogP) is 4.95. The van der Waals surface area contributed by atoms with Crippen molar-refractivity contribution in [2.24, 2.45) is 11.3 Å². The van der Waals surface area contributed by atoms with E-state index >= 15 is 0 Å². The molecule has 3 N–H and O–H groups in total. The lowest BCUT2D eigenvalue weighted by atomic mass is 9.82. The molecule has 188 valence electrons. The van der Waals surface area contributed by atoms with Gasteiger partial charge >= 0.3 is 12.1 Å². The quantitative estimate of drug-likeness (QED) is 0.422. The van der Waals surface area contributed by atoms with Crippen molar-refractivity contribution in [2.75, 3.05) is 13.2 Å². The van der Waals surface area contributed by atoms with Gasteiger partial charge in [0.05, 0.1) is 5.41 Å². The van der Waals surface area contributed by atoms with E-state index in [-0.39, 0.29) is 25.0 Å². The number of hydrogen-bond donors (Lipinski definition) is 3. The molecular formula is C28H36N2O5. The van der Waals surface area contributed by atoms with Gasteiger partial charge in [0, 0.05) is 12.5 Å². The zero-order chi connectivity index (χ0) is 25.6. The predicted molar refractivity (Wildman–Crippen MR) is 135 cm³/mol. The molecule has 0 saturated carbocycles. The first-order valence-electron chi connectivity index (χ1n) is 12.4. The molecule has 0 aliphatic heterocycles. The summed E-state index contributed by atoms with van der Waals surface area (Å²) < 4.78 is 5.62. The van der Waals surface area contributed by atoms with E-state index in [9.17, 15) is 19.5 Å². The Bertz CT molecular complexity index is 1020. The minimum absolute atomic E-state index is 0.00741. The summed E-state index contributed by atoms with van der Waals surface area (Å²) in [5.74, 6) is -1.57. The average molecular weight is 481 g/mol. The summed E-state index contributed by atoms with van der Waals surface area (Å²) in [4.78, 5) is 37.5. The number of benzene rings is 2. The number of rotatable bonds is 11. The van der Waals surface area contributed by atoms with Gasteiger partial charge in [-0.15, -0.1) is 0 Å². The Morgan fingerprint density at radius 2 is 1.51 bits per heavy atom. The second-order valence-electron chi connectivity index (χ2n) is 9.34. The van der Waals surface area contributed by atoms with Gasteiger partial charge in [0.1, 0.15) is 12.6 Å². The van der Waals surface area contributed by atoms with Crippen molar-refractivity contribution < 1.29 is 24.2 Å². The SMILES string of the molecule is CCC(C)[C@H](NC(=O)OCC1c2ccccc2-c2ccccc21)C(=O)NCC(CC)(CC)C(=O)O. The van der Waals surface area contributed by atoms with Crippen LogP contribution in [0.2, 0.25) is 0 Å². The Morgan fingerprint density at radius 1 is 0.971 bits per heavy atom. The van der Waals surface area contributed by atoms with E-state index in [1.54, 1.807) is 13.8 Å². The van der Waals surface area contributed by atoms with E-state index < -0.39 is 29.4 Å². The first-order chi connectivity index (χ1) is 16.8. The first-order valence-corrected chi connectivity index (χ1v) is 12.4. The molecule has 7 nitrogen and oxygen atoms in total. The molecule has 1 unspecified atom stereocenters. The summed E-state index contributed by atoms with van der Waals surface area (Å²) in [5, 5.41) is 15.1. The first kappa shape index (κ1) is 26.3. The third-order valence-corrected chi connectivity index (χ3v) is 7.52. The Labute approximate surface area is 207 Å². The van der Waals surface area contributed by atoms with Crippen molar-refractivity contribution in [3.63, 3.8) is 0 Å². The maximum atomic E-state index is 13.0. The van der Waals surface area contributed by atoms with Gasteiger partial charge in [-0.05, 0) is 41.0 Å². The minimum Gasteiger partial charge on any atom is -0.481 e. The van der Waals surface area contributed by atoms with Crippen molar-refractivity contribution in [2.45, 2.75) is 58.9 Å². The second-order valence-corrected chi connectivity index (χ2v) is 9.34. The van der Waals surface area contributed by atoms with Crippen molar-refractivity contribution >= 4 is 18.0 Å². The molecule has 3 rings (SSSR count). The van der Waals surface area contributed by atoms with Gasteiger partial charge in [-0.1, -0.05) is 82.6 Å². The van der Waals surface area contributed by atoms with E-state index in [1.807, 2.05) is 50.2 Å². The molecule has 0 fully saturated rings. The molecule has 2 aromatic rings. The summed E-state index contributed by atoms with van der Waals surface area (Å²) in [5.41, 5.74) is 3.48. The van der Waals surface area contributed by atoms with Crippen LogP contribution in [0.15, 0.2) is 48.5 Å². The fourth-order valence-corrected chi connectivity index (χ4v) is 4.71. The highest BCUT2D eigenvalue weighted by Gasteiger charge is 2.37. The third kappa shape index (κ3) is 5.50. The maximum absolute atomic E-state index is 13.0. The van der Waals surface area contributed by atoms with Crippen LogP contribution in [-0.2, 0) is 14.3 Å². The van der Waals surface area contributed by atoms with Gasteiger partial charge in [0.2, 0.25) is 5.91 Å². The van der Waals surface area contributed by atoms with E-state index in [2.05, 4.69) is 22.8 Å². The van der Waals surface area contributed by atoms with Crippen LogP contribution in [0.3, 0.4) is 0 Å². The number of ether oxygens (including phenoxy) is 1. The zero-order valence-corrected chi connectivity index (χ0v) is 21.0. The van der Waals surface area contributed by atoms with E-state index in [0.717, 1.165) is 22.3 Å². The lowest BCUT2D eigenvalue weighted by Gasteiger charge is -2.29. The maximum Gasteiger partial charge on any atom is 0.407 e. The summed E-state index contributed by atoms with van der Waals surface area (Å²) in [6.07, 6.45) is 0.788. The molecule has 0 radical (unpaired) electrons. The van der Waals surface area contributed by atoms with E-state index in [4.69, 9.17) is 4.74 Å². The number of fused-ring (bicyclic) bond motifs is 3. The smallest absolute Gasteiger partial charge is 0.407 e. The van der Waals surface area contributed by atoms with Gasteiger partial charge in [-0.25, -0.2) is 4.79 Å². The van der Waals surface area contributed by atoms with Crippen LogP contribution in [0, 0.1) is 11.3 Å². The Balaban J connectivity index is 1.66. The van der Waals surface area contributed by atoms with E-state index in [0.29, 0.717) is 19.3 Å². The molecule has 0 heterocycles. The number of carbonyl (C=O) groups is 3. The molecular weight excluding hydrogens is 444 g/mol. The lowest BCUT2D eigenvalue weighted by Crippen LogP contribution is -2.53. The van der Waals surface area contributed by atoms with E-state index in [1.165, 1.54) is 0 Å². The summed E-state index contributed by atoms with van der Waals surface area (Å²) >= 11 is 0. The molecule has 2 amide bonds. The van der Waals surface area contributed by atoms with Gasteiger partial charge in [0.15, 0.2) is 0 Å². The van der Waals surface area contributed by atoms with Gasteiger partial charge in [-0.2, -0.15) is 0 Å². The van der Waals surface area contributed by atoms with Crippen LogP contribution < -0.4 is 10.6 Å². The van der Waals surface area contributed by atoms with Gasteiger partial charge in [0.25, 0.3) is 0 Å². The molecule has 1 aliphatic rings. The fraction of sp³-hybridized carbons (Fsp3) is 0.464. The number of amides is 2. The monoisotopic (exact) mass is 480 g/mol. The van der Waals surface area contributed by atoms with Crippen molar-refractivity contribution in [1.29, 1.82) is 0 Å². The third-order valence-electron chi connectivity index (χ3n) is 7.52. The van der Waals surface area contributed by atoms with Crippen LogP contribution in [0.1, 0.15) is 64.0 Å². The Morgan fingerprint density at radius 3 is 2.00 bits per heavy atom. The number of aliphatic carboxylic acids is 1. The van der Waals surface area contributed by atoms with Crippen molar-refractivity contribution in [3.05, 3.63) is 59.7 Å². The standard InChI is InChI=1S/C28H36N2O5/c1-5-18(4)24(25(31)29-17-28(6-2,7-3)26(32)33)30-27(34)35-16-23-21-14-10-8-12-19(21)20-13-9-11-15-22(20)23/h8-15,18,23-24H,5-7,16-17H2,1-4H3,(H,29,31)(H,30,34)(H,32,33)/t18?,24-/m0/s1. The normalized spacial score (nSPS) is 14.4. The van der Waals surface area contributed by atoms with Crippen LogP contribution in [0.25, 0.3) is 11.1 Å². The molecule has 0 spiro atoms. The average Bonchev–Trinajstić information content (AvgIpc) is 3.19. The van der Waals surface area contributed by atoms with Crippen LogP contribution in [-0.4, -0.2) is 42.3 Å². The zero-order valence-electron chi connectivity index (χ0n) is 21.0. The highest BCUT2D eigenvalue weighted by molar-refractivity contribution is 5.87. The largest absolute Gasteiger partial charge is 0.481 e. The number of carboxylic acid groups (broad SMARTS) is 1. The topological polar surface area (TPSA) is 105 Å². The summed E-state index contributed by atoms with van der Waals surface area (Å²) in [6.45, 7) is 7.56. The lowest BCUT2D eigenvalue weighted by molar-refractivity contribution is -0.149. The number of hydrogen-bond acceptors (Lipinski definition) is 4. The fourth-order valence-electron chi connectivity index (χ4n) is 4.71. The number of nitrogens with one attached hydrogen (secondary N) is 2. The minimum atomic E-state index is -1.03. The van der Waals surface area contributed by atoms with Gasteiger partial charge < -0.3 is 20.5 Å². The molecule has 2 aromatic carbocycles. The molecule has 0 saturated heterocycles. The molecule has 1 aliphatic carbocycles. The Kier molecular flexibility index (Phi) is 8.54. The number of carbonyl (C=O) groups excluding carboxylic acids is 2. The summed E-state index contributed by atoms with van der Waals surface area (Å²) in [7, 11) is 0. The van der Waals surface area contributed by atoms with Crippen molar-refractivity contribution in [3.8, 4) is 11.1 Å². The van der Waals surface area contributed by atoms with Crippen LogP contribution >= 0.6 is 0 Å². The van der Waals surface area contributed by atoms with Crippen LogP contribution in [0.4, 0.5) is 4.79 Å².